The van der Waals surface area contributed by atoms with Crippen LogP contribution in [0.1, 0.15) is 38.2 Å². The molecule has 2 N–H and O–H groups in total. The molecular weight excluding hydrogens is 292 g/mol. The lowest BCUT2D eigenvalue weighted by Crippen LogP contribution is -2.52. The van der Waals surface area contributed by atoms with E-state index in [2.05, 4.69) is 17.6 Å². The Bertz CT molecular complexity index is 447. The van der Waals surface area contributed by atoms with E-state index in [9.17, 15) is 4.79 Å². The first-order valence-electron chi connectivity index (χ1n) is 8.56. The molecule has 0 spiro atoms. The fourth-order valence-electron chi connectivity index (χ4n) is 2.56. The standard InChI is InChI=1S/C18H28N2O3/c1-2-10-22-11-6-9-19-16-12-17(13-16)20-18(21)23-14-15-7-4-3-5-8-15/h3-5,7-8,16-17,19H,2,6,9-14H2,1H3,(H,20,21). The first-order valence-corrected chi connectivity index (χ1v) is 8.56. The largest absolute Gasteiger partial charge is 0.445 e. The van der Waals surface area contributed by atoms with Gasteiger partial charge in [0, 0.05) is 25.3 Å². The topological polar surface area (TPSA) is 59.6 Å². The minimum Gasteiger partial charge on any atom is -0.445 e. The third-order valence-electron chi connectivity index (χ3n) is 3.92. The number of benzene rings is 1. The van der Waals surface area contributed by atoms with E-state index in [0.29, 0.717) is 12.6 Å². The van der Waals surface area contributed by atoms with Crippen molar-refractivity contribution < 1.29 is 14.3 Å². The van der Waals surface area contributed by atoms with Crippen LogP contribution in [0, 0.1) is 0 Å². The van der Waals surface area contributed by atoms with Crippen molar-refractivity contribution >= 4 is 6.09 Å². The highest BCUT2D eigenvalue weighted by molar-refractivity contribution is 5.67. The molecule has 0 radical (unpaired) electrons. The van der Waals surface area contributed by atoms with Gasteiger partial charge in [0.25, 0.3) is 0 Å². The van der Waals surface area contributed by atoms with Gasteiger partial charge >= 0.3 is 6.09 Å². The Labute approximate surface area is 138 Å². The molecule has 128 valence electrons. The number of hydrogen-bond acceptors (Lipinski definition) is 4. The Morgan fingerprint density at radius 1 is 1.17 bits per heavy atom. The number of nitrogens with one attached hydrogen (secondary N) is 2. The van der Waals surface area contributed by atoms with Crippen molar-refractivity contribution in [2.45, 2.75) is 51.3 Å². The first kappa shape index (κ1) is 17.8. The van der Waals surface area contributed by atoms with Crippen molar-refractivity contribution in [2.75, 3.05) is 19.8 Å². The van der Waals surface area contributed by atoms with E-state index in [0.717, 1.165) is 51.0 Å². The van der Waals surface area contributed by atoms with Crippen molar-refractivity contribution in [1.82, 2.24) is 10.6 Å². The van der Waals surface area contributed by atoms with Gasteiger partial charge in [-0.25, -0.2) is 4.79 Å². The minimum absolute atomic E-state index is 0.229. The average molecular weight is 320 g/mol. The molecule has 0 aromatic heterocycles. The maximum Gasteiger partial charge on any atom is 0.407 e. The SMILES string of the molecule is CCCOCCCNC1CC(NC(=O)OCc2ccccc2)C1. The second-order valence-electron chi connectivity index (χ2n) is 5.99. The molecule has 1 saturated carbocycles. The summed E-state index contributed by atoms with van der Waals surface area (Å²) in [6.45, 7) is 5.07. The van der Waals surface area contributed by atoms with Gasteiger partial charge in [0.2, 0.25) is 0 Å². The van der Waals surface area contributed by atoms with Gasteiger partial charge in [0.1, 0.15) is 6.61 Å². The number of carbonyl (C=O) groups excluding carboxylic acids is 1. The third-order valence-corrected chi connectivity index (χ3v) is 3.92. The molecule has 23 heavy (non-hydrogen) atoms. The molecule has 5 nitrogen and oxygen atoms in total. The molecular formula is C18H28N2O3. The highest BCUT2D eigenvalue weighted by atomic mass is 16.5. The fourth-order valence-corrected chi connectivity index (χ4v) is 2.56. The highest BCUT2D eigenvalue weighted by Gasteiger charge is 2.29. The van der Waals surface area contributed by atoms with Gasteiger partial charge in [0.05, 0.1) is 0 Å². The molecule has 1 aliphatic rings. The van der Waals surface area contributed by atoms with Crippen molar-refractivity contribution in [3.05, 3.63) is 35.9 Å². The molecule has 0 atom stereocenters. The summed E-state index contributed by atoms with van der Waals surface area (Å²) in [7, 11) is 0. The Hall–Kier alpha value is -1.59. The summed E-state index contributed by atoms with van der Waals surface area (Å²) in [5.41, 5.74) is 1.00. The number of hydrogen-bond donors (Lipinski definition) is 2. The molecule has 1 amide bonds. The van der Waals surface area contributed by atoms with E-state index in [4.69, 9.17) is 9.47 Å². The quantitative estimate of drug-likeness (QED) is 0.651. The average Bonchev–Trinajstić information content (AvgIpc) is 2.54. The van der Waals surface area contributed by atoms with E-state index < -0.39 is 0 Å². The maximum atomic E-state index is 11.7. The van der Waals surface area contributed by atoms with Crippen LogP contribution in [0.25, 0.3) is 0 Å². The zero-order chi connectivity index (χ0) is 16.3. The Morgan fingerprint density at radius 2 is 1.96 bits per heavy atom. The monoisotopic (exact) mass is 320 g/mol. The molecule has 0 bridgehead atoms. The highest BCUT2D eigenvalue weighted by Crippen LogP contribution is 2.20. The molecule has 1 fully saturated rings. The minimum atomic E-state index is -0.328. The van der Waals surface area contributed by atoms with Crippen molar-refractivity contribution in [2.24, 2.45) is 0 Å². The van der Waals surface area contributed by atoms with Crippen LogP contribution in [0.15, 0.2) is 30.3 Å². The zero-order valence-corrected chi connectivity index (χ0v) is 13.9. The van der Waals surface area contributed by atoms with Gasteiger partial charge in [-0.05, 0) is 37.8 Å². The fraction of sp³-hybridized carbons (Fsp3) is 0.611. The van der Waals surface area contributed by atoms with Gasteiger partial charge < -0.3 is 20.1 Å². The summed E-state index contributed by atoms with van der Waals surface area (Å²) in [6.07, 6.45) is 3.72. The summed E-state index contributed by atoms with van der Waals surface area (Å²) in [5.74, 6) is 0. The number of amides is 1. The predicted octanol–water partition coefficient (Wildman–Crippen LogP) is 2.85. The Kier molecular flexibility index (Phi) is 7.90. The van der Waals surface area contributed by atoms with E-state index in [-0.39, 0.29) is 12.1 Å². The third kappa shape index (κ3) is 7.01. The van der Waals surface area contributed by atoms with Crippen LogP contribution in [0.3, 0.4) is 0 Å². The predicted molar refractivity (Wildman–Crippen MR) is 90.3 cm³/mol. The van der Waals surface area contributed by atoms with Crippen LogP contribution >= 0.6 is 0 Å². The molecule has 0 saturated heterocycles. The van der Waals surface area contributed by atoms with Crippen LogP contribution in [0.2, 0.25) is 0 Å². The van der Waals surface area contributed by atoms with Gasteiger partial charge in [-0.15, -0.1) is 0 Å². The Balaban J connectivity index is 1.46. The first-order chi connectivity index (χ1) is 11.3. The Morgan fingerprint density at radius 3 is 2.70 bits per heavy atom. The second-order valence-corrected chi connectivity index (χ2v) is 5.99. The summed E-state index contributed by atoms with van der Waals surface area (Å²) in [6, 6.07) is 10.4. The van der Waals surface area contributed by atoms with Gasteiger partial charge in [-0.2, -0.15) is 0 Å². The van der Waals surface area contributed by atoms with E-state index in [1.807, 2.05) is 30.3 Å². The number of rotatable bonds is 10. The summed E-state index contributed by atoms with van der Waals surface area (Å²) < 4.78 is 10.7. The van der Waals surface area contributed by atoms with E-state index >= 15 is 0 Å². The lowest BCUT2D eigenvalue weighted by molar-refractivity contribution is 0.122. The normalized spacial score (nSPS) is 19.9. The van der Waals surface area contributed by atoms with Gasteiger partial charge in [-0.1, -0.05) is 37.3 Å². The van der Waals surface area contributed by atoms with E-state index in [1.165, 1.54) is 0 Å². The van der Waals surface area contributed by atoms with E-state index in [1.54, 1.807) is 0 Å². The van der Waals surface area contributed by atoms with Crippen LogP contribution < -0.4 is 10.6 Å². The van der Waals surface area contributed by atoms with Gasteiger partial charge in [0.15, 0.2) is 0 Å². The van der Waals surface area contributed by atoms with Crippen molar-refractivity contribution in [3.63, 3.8) is 0 Å². The van der Waals surface area contributed by atoms with Crippen molar-refractivity contribution in [3.8, 4) is 0 Å². The molecule has 2 rings (SSSR count). The summed E-state index contributed by atoms with van der Waals surface area (Å²) in [4.78, 5) is 11.7. The molecule has 5 heteroatoms. The van der Waals surface area contributed by atoms with Crippen LogP contribution in [0.5, 0.6) is 0 Å². The van der Waals surface area contributed by atoms with Crippen molar-refractivity contribution in [1.29, 1.82) is 0 Å². The molecule has 1 aliphatic carbocycles. The maximum absolute atomic E-state index is 11.7. The van der Waals surface area contributed by atoms with Crippen LogP contribution in [-0.2, 0) is 16.1 Å². The van der Waals surface area contributed by atoms with Crippen LogP contribution in [0.4, 0.5) is 4.79 Å². The molecule has 1 aromatic rings. The molecule has 0 aliphatic heterocycles. The molecule has 0 heterocycles. The molecule has 1 aromatic carbocycles. The lowest BCUT2D eigenvalue weighted by Gasteiger charge is -2.36. The van der Waals surface area contributed by atoms with Crippen LogP contribution in [-0.4, -0.2) is 37.9 Å². The lowest BCUT2D eigenvalue weighted by atomic mass is 9.87. The smallest absolute Gasteiger partial charge is 0.407 e. The second kappa shape index (κ2) is 10.2. The number of carbonyl (C=O) groups is 1. The molecule has 0 unspecified atom stereocenters. The van der Waals surface area contributed by atoms with Gasteiger partial charge in [-0.3, -0.25) is 0 Å². The number of alkyl carbamates (subject to hydrolysis) is 1. The number of ether oxygens (including phenoxy) is 2. The summed E-state index contributed by atoms with van der Waals surface area (Å²) in [5, 5.41) is 6.39. The summed E-state index contributed by atoms with van der Waals surface area (Å²) >= 11 is 0. The zero-order valence-electron chi connectivity index (χ0n) is 13.9.